The molecule has 1 saturated carbocycles. The molecule has 4 nitrogen and oxygen atoms in total. The minimum atomic E-state index is -0.150. The summed E-state index contributed by atoms with van der Waals surface area (Å²) in [4.78, 5) is 6.64. The molecule has 0 amide bonds. The Bertz CT molecular complexity index is 398. The summed E-state index contributed by atoms with van der Waals surface area (Å²) in [5.41, 5.74) is 1.24. The molecule has 1 saturated heterocycles. The number of morpholine rings is 1. The Hall–Kier alpha value is -0.970. The molecular weight excluding hydrogens is 240 g/mol. The molecule has 0 bridgehead atoms. The second kappa shape index (κ2) is 5.99. The summed E-state index contributed by atoms with van der Waals surface area (Å²) in [6.45, 7) is 3.40. The Morgan fingerprint density at radius 1 is 1.42 bits per heavy atom. The van der Waals surface area contributed by atoms with E-state index in [1.807, 2.05) is 12.3 Å². The van der Waals surface area contributed by atoms with Gasteiger partial charge in [-0.05, 0) is 24.5 Å². The first-order valence-electron chi connectivity index (χ1n) is 7.23. The summed E-state index contributed by atoms with van der Waals surface area (Å²) in [7, 11) is 0. The third kappa shape index (κ3) is 2.96. The van der Waals surface area contributed by atoms with Crippen LogP contribution in [0.25, 0.3) is 0 Å². The quantitative estimate of drug-likeness (QED) is 0.895. The maximum Gasteiger partial charge on any atom is 0.0626 e. The number of aromatic nitrogens is 1. The van der Waals surface area contributed by atoms with Gasteiger partial charge in [0.05, 0.1) is 19.3 Å². The van der Waals surface area contributed by atoms with Gasteiger partial charge >= 0.3 is 0 Å². The van der Waals surface area contributed by atoms with E-state index in [1.165, 1.54) is 5.56 Å². The van der Waals surface area contributed by atoms with Gasteiger partial charge in [0, 0.05) is 37.4 Å². The van der Waals surface area contributed by atoms with E-state index in [1.54, 1.807) is 6.20 Å². The first-order valence-corrected chi connectivity index (χ1v) is 7.23. The summed E-state index contributed by atoms with van der Waals surface area (Å²) in [5.74, 6) is 0.372. The van der Waals surface area contributed by atoms with Gasteiger partial charge in [0.25, 0.3) is 0 Å². The van der Waals surface area contributed by atoms with Gasteiger partial charge in [0.2, 0.25) is 0 Å². The van der Waals surface area contributed by atoms with E-state index >= 15 is 0 Å². The lowest BCUT2D eigenvalue weighted by atomic mass is 9.94. The highest BCUT2D eigenvalue weighted by Gasteiger charge is 2.37. The molecule has 2 heterocycles. The molecule has 0 aromatic carbocycles. The van der Waals surface area contributed by atoms with Crippen LogP contribution >= 0.6 is 0 Å². The van der Waals surface area contributed by atoms with Crippen LogP contribution in [0, 0.1) is 5.92 Å². The molecule has 1 aliphatic carbocycles. The predicted octanol–water partition coefficient (Wildman–Crippen LogP) is 1.44. The molecule has 2 fully saturated rings. The summed E-state index contributed by atoms with van der Waals surface area (Å²) < 4.78 is 5.64. The lowest BCUT2D eigenvalue weighted by Gasteiger charge is -2.40. The van der Waals surface area contributed by atoms with Crippen molar-refractivity contribution in [2.45, 2.75) is 38.0 Å². The van der Waals surface area contributed by atoms with Gasteiger partial charge in [-0.3, -0.25) is 9.88 Å². The van der Waals surface area contributed by atoms with Crippen molar-refractivity contribution >= 4 is 0 Å². The third-order valence-corrected chi connectivity index (χ3v) is 4.41. The number of nitrogens with zero attached hydrogens (tertiary/aromatic N) is 2. The van der Waals surface area contributed by atoms with Crippen LogP contribution in [0.1, 0.15) is 24.8 Å². The number of ether oxygens (including phenoxy) is 1. The van der Waals surface area contributed by atoms with E-state index < -0.39 is 0 Å². The zero-order chi connectivity index (χ0) is 13.1. The number of pyridine rings is 1. The first kappa shape index (κ1) is 13.0. The minimum Gasteiger partial charge on any atom is -0.393 e. The van der Waals surface area contributed by atoms with E-state index in [4.69, 9.17) is 4.74 Å². The number of aliphatic hydroxyl groups is 1. The van der Waals surface area contributed by atoms with Crippen LogP contribution in [-0.4, -0.2) is 46.9 Å². The molecule has 3 rings (SSSR count). The lowest BCUT2D eigenvalue weighted by molar-refractivity contribution is -0.0536. The van der Waals surface area contributed by atoms with Crippen LogP contribution in [0.5, 0.6) is 0 Å². The average Bonchev–Trinajstić information content (AvgIpc) is 2.87. The molecule has 0 radical (unpaired) electrons. The molecule has 3 atom stereocenters. The van der Waals surface area contributed by atoms with Crippen molar-refractivity contribution in [1.29, 1.82) is 0 Å². The van der Waals surface area contributed by atoms with E-state index in [2.05, 4.69) is 16.0 Å². The molecule has 0 spiro atoms. The summed E-state index contributed by atoms with van der Waals surface area (Å²) >= 11 is 0. The van der Waals surface area contributed by atoms with Crippen molar-refractivity contribution in [2.24, 2.45) is 5.92 Å². The summed E-state index contributed by atoms with van der Waals surface area (Å²) in [5, 5.41) is 10.1. The first-order chi connectivity index (χ1) is 9.34. The van der Waals surface area contributed by atoms with Gasteiger partial charge in [-0.15, -0.1) is 0 Å². The fourth-order valence-corrected chi connectivity index (χ4v) is 3.39. The van der Waals surface area contributed by atoms with Crippen LogP contribution in [-0.2, 0) is 11.3 Å². The number of hydrogen-bond acceptors (Lipinski definition) is 4. The molecule has 1 aromatic heterocycles. The maximum atomic E-state index is 10.1. The molecule has 1 aromatic rings. The van der Waals surface area contributed by atoms with Crippen molar-refractivity contribution in [3.8, 4) is 0 Å². The summed E-state index contributed by atoms with van der Waals surface area (Å²) in [6, 6.07) is 4.45. The fraction of sp³-hybridized carbons (Fsp3) is 0.667. The molecule has 19 heavy (non-hydrogen) atoms. The number of hydrogen-bond donors (Lipinski definition) is 1. The Morgan fingerprint density at radius 3 is 3.11 bits per heavy atom. The smallest absolute Gasteiger partial charge is 0.0626 e. The Kier molecular flexibility index (Phi) is 4.11. The average molecular weight is 262 g/mol. The standard InChI is InChI=1S/C15H22N2O2/c18-15-5-1-4-13(15)14-11-19-8-7-17(14)10-12-3-2-6-16-9-12/h2-3,6,9,13-15,18H,1,4-5,7-8,10-11H2/t13-,14+,15+/m0/s1. The van der Waals surface area contributed by atoms with Crippen molar-refractivity contribution in [2.75, 3.05) is 19.8 Å². The highest BCUT2D eigenvalue weighted by Crippen LogP contribution is 2.32. The Morgan fingerprint density at radius 2 is 2.37 bits per heavy atom. The Labute approximate surface area is 114 Å². The van der Waals surface area contributed by atoms with Crippen LogP contribution < -0.4 is 0 Å². The van der Waals surface area contributed by atoms with Gasteiger partial charge in [0.1, 0.15) is 0 Å². The second-order valence-electron chi connectivity index (χ2n) is 5.64. The fourth-order valence-electron chi connectivity index (χ4n) is 3.39. The lowest BCUT2D eigenvalue weighted by Crippen LogP contribution is -2.50. The van der Waals surface area contributed by atoms with Gasteiger partial charge in [-0.25, -0.2) is 0 Å². The van der Waals surface area contributed by atoms with Crippen molar-refractivity contribution in [1.82, 2.24) is 9.88 Å². The number of aliphatic hydroxyl groups excluding tert-OH is 1. The van der Waals surface area contributed by atoms with E-state index in [9.17, 15) is 5.11 Å². The molecule has 4 heteroatoms. The molecule has 0 unspecified atom stereocenters. The van der Waals surface area contributed by atoms with E-state index in [0.717, 1.165) is 45.6 Å². The van der Waals surface area contributed by atoms with Crippen molar-refractivity contribution in [3.63, 3.8) is 0 Å². The van der Waals surface area contributed by atoms with Crippen LogP contribution in [0.3, 0.4) is 0 Å². The maximum absolute atomic E-state index is 10.1. The summed E-state index contributed by atoms with van der Waals surface area (Å²) in [6.07, 6.45) is 6.80. The van der Waals surface area contributed by atoms with Crippen LogP contribution in [0.2, 0.25) is 0 Å². The predicted molar refractivity (Wildman–Crippen MR) is 72.6 cm³/mol. The van der Waals surface area contributed by atoms with Gasteiger partial charge in [0.15, 0.2) is 0 Å². The zero-order valence-electron chi connectivity index (χ0n) is 11.2. The van der Waals surface area contributed by atoms with Crippen LogP contribution in [0.15, 0.2) is 24.5 Å². The minimum absolute atomic E-state index is 0.150. The molecule has 2 aliphatic rings. The molecule has 1 N–H and O–H groups in total. The number of rotatable bonds is 3. The highest BCUT2D eigenvalue weighted by molar-refractivity contribution is 5.09. The van der Waals surface area contributed by atoms with Crippen molar-refractivity contribution in [3.05, 3.63) is 30.1 Å². The van der Waals surface area contributed by atoms with Gasteiger partial charge in [-0.1, -0.05) is 12.5 Å². The largest absolute Gasteiger partial charge is 0.393 e. The van der Waals surface area contributed by atoms with E-state index in [-0.39, 0.29) is 6.10 Å². The zero-order valence-corrected chi connectivity index (χ0v) is 11.2. The van der Waals surface area contributed by atoms with E-state index in [0.29, 0.717) is 12.0 Å². The third-order valence-electron chi connectivity index (χ3n) is 4.41. The van der Waals surface area contributed by atoms with Gasteiger partial charge < -0.3 is 9.84 Å². The molecule has 104 valence electrons. The van der Waals surface area contributed by atoms with Crippen LogP contribution in [0.4, 0.5) is 0 Å². The topological polar surface area (TPSA) is 45.6 Å². The molecular formula is C15H22N2O2. The van der Waals surface area contributed by atoms with Crippen molar-refractivity contribution < 1.29 is 9.84 Å². The normalized spacial score (nSPS) is 32.6. The highest BCUT2D eigenvalue weighted by atomic mass is 16.5. The molecule has 1 aliphatic heterocycles. The SMILES string of the molecule is O[C@@H]1CCC[C@H]1[C@H]1COCCN1Cc1cccnc1. The second-order valence-corrected chi connectivity index (χ2v) is 5.64. The monoisotopic (exact) mass is 262 g/mol. The Balaban J connectivity index is 1.70. The van der Waals surface area contributed by atoms with Gasteiger partial charge in [-0.2, -0.15) is 0 Å².